The molecular formula is C19H14N2O4S2. The highest BCUT2D eigenvalue weighted by atomic mass is 32.2. The summed E-state index contributed by atoms with van der Waals surface area (Å²) in [6, 6.07) is 19.5. The van der Waals surface area contributed by atoms with E-state index in [0.717, 1.165) is 32.9 Å². The molecule has 0 aliphatic carbocycles. The lowest BCUT2D eigenvalue weighted by atomic mass is 10.0. The van der Waals surface area contributed by atoms with Gasteiger partial charge in [-0.2, -0.15) is 0 Å². The van der Waals surface area contributed by atoms with E-state index in [-0.39, 0.29) is 4.21 Å². The normalized spacial score (nSPS) is 14.4. The first-order valence-corrected chi connectivity index (χ1v) is 10.3. The van der Waals surface area contributed by atoms with Gasteiger partial charge in [-0.15, -0.1) is 11.3 Å². The molecule has 1 saturated heterocycles. The molecule has 0 unspecified atom stereocenters. The van der Waals surface area contributed by atoms with Gasteiger partial charge in [-0.25, -0.2) is 17.5 Å². The number of urea groups is 1. The lowest BCUT2D eigenvalue weighted by Gasteiger charge is -2.11. The van der Waals surface area contributed by atoms with E-state index in [9.17, 15) is 18.0 Å². The quantitative estimate of drug-likeness (QED) is 0.684. The van der Waals surface area contributed by atoms with Gasteiger partial charge in [0.2, 0.25) is 5.91 Å². The van der Waals surface area contributed by atoms with Crippen molar-refractivity contribution in [3.8, 4) is 21.6 Å². The van der Waals surface area contributed by atoms with Gasteiger partial charge in [0.25, 0.3) is 10.0 Å². The molecule has 1 aliphatic rings. The van der Waals surface area contributed by atoms with E-state index in [1.54, 1.807) is 6.07 Å². The maximum atomic E-state index is 12.9. The number of carbonyl (C=O) groups is 2. The third kappa shape index (κ3) is 3.13. The van der Waals surface area contributed by atoms with Crippen LogP contribution in [-0.2, 0) is 14.8 Å². The number of hydrogen-bond acceptors (Lipinski definition) is 5. The minimum Gasteiger partial charge on any atom is -0.275 e. The Morgan fingerprint density at radius 3 is 2.04 bits per heavy atom. The van der Waals surface area contributed by atoms with E-state index in [2.05, 4.69) is 0 Å². The molecular weight excluding hydrogens is 384 g/mol. The van der Waals surface area contributed by atoms with Crippen molar-refractivity contribution in [2.75, 3.05) is 6.54 Å². The summed E-state index contributed by atoms with van der Waals surface area (Å²) in [6.07, 6.45) is 0. The van der Waals surface area contributed by atoms with Crippen LogP contribution < -0.4 is 5.32 Å². The van der Waals surface area contributed by atoms with E-state index in [0.29, 0.717) is 4.31 Å². The Morgan fingerprint density at radius 2 is 1.48 bits per heavy atom. The van der Waals surface area contributed by atoms with Crippen LogP contribution >= 0.6 is 11.3 Å². The van der Waals surface area contributed by atoms with Gasteiger partial charge in [0.1, 0.15) is 10.8 Å². The Kier molecular flexibility index (Phi) is 4.29. The minimum atomic E-state index is -4.12. The summed E-state index contributed by atoms with van der Waals surface area (Å²) in [5.74, 6) is -0.633. The highest BCUT2D eigenvalue weighted by Gasteiger charge is 2.38. The van der Waals surface area contributed by atoms with Crippen molar-refractivity contribution >= 4 is 33.3 Å². The minimum absolute atomic E-state index is 0.0186. The fourth-order valence-electron chi connectivity index (χ4n) is 2.86. The molecule has 2 aromatic carbocycles. The average Bonchev–Trinajstić information content (AvgIpc) is 3.27. The van der Waals surface area contributed by atoms with Gasteiger partial charge < -0.3 is 0 Å². The predicted molar refractivity (Wildman–Crippen MR) is 103 cm³/mol. The van der Waals surface area contributed by atoms with Crippen LogP contribution in [0, 0.1) is 0 Å². The molecule has 2 heterocycles. The van der Waals surface area contributed by atoms with Crippen LogP contribution in [0.4, 0.5) is 4.79 Å². The molecule has 8 heteroatoms. The molecule has 0 atom stereocenters. The lowest BCUT2D eigenvalue weighted by molar-refractivity contribution is -0.118. The number of benzene rings is 2. The molecule has 1 aromatic heterocycles. The fraction of sp³-hybridized carbons (Fsp3) is 0.0526. The average molecular weight is 398 g/mol. The first-order chi connectivity index (χ1) is 13.0. The number of hydrogen-bond donors (Lipinski definition) is 1. The second kappa shape index (κ2) is 6.64. The van der Waals surface area contributed by atoms with Crippen LogP contribution in [0.2, 0.25) is 0 Å². The summed E-state index contributed by atoms with van der Waals surface area (Å²) < 4.78 is 26.5. The van der Waals surface area contributed by atoms with Crippen LogP contribution in [0.3, 0.4) is 0 Å². The van der Waals surface area contributed by atoms with Gasteiger partial charge >= 0.3 is 6.03 Å². The lowest BCUT2D eigenvalue weighted by Crippen LogP contribution is -2.33. The molecule has 1 aliphatic heterocycles. The number of rotatable bonds is 4. The Morgan fingerprint density at radius 1 is 0.889 bits per heavy atom. The highest BCUT2D eigenvalue weighted by Crippen LogP contribution is 2.41. The molecule has 0 bridgehead atoms. The van der Waals surface area contributed by atoms with Crippen LogP contribution in [0.1, 0.15) is 0 Å². The highest BCUT2D eigenvalue weighted by molar-refractivity contribution is 7.91. The van der Waals surface area contributed by atoms with E-state index in [4.69, 9.17) is 0 Å². The van der Waals surface area contributed by atoms with Crippen LogP contribution in [0.15, 0.2) is 70.9 Å². The standard InChI is InChI=1S/C19H14N2O4S2/c22-16-12-21(19(23)20-16)27(24,25)17-11-15(13-7-3-1-4-8-13)18(26-17)14-9-5-2-6-10-14/h1-11H,12H2,(H,20,22,23). The van der Waals surface area contributed by atoms with Crippen LogP contribution in [-0.4, -0.2) is 31.2 Å². The van der Waals surface area contributed by atoms with Crippen molar-refractivity contribution in [1.29, 1.82) is 0 Å². The van der Waals surface area contributed by atoms with Crippen LogP contribution in [0.5, 0.6) is 0 Å². The number of nitrogens with zero attached hydrogens (tertiary/aromatic N) is 1. The zero-order valence-electron chi connectivity index (χ0n) is 14.0. The van der Waals surface area contributed by atoms with Gasteiger partial charge in [0.05, 0.1) is 0 Å². The van der Waals surface area contributed by atoms with E-state index in [1.807, 2.05) is 66.0 Å². The summed E-state index contributed by atoms with van der Waals surface area (Å²) in [7, 11) is -4.12. The van der Waals surface area contributed by atoms with Gasteiger partial charge in [-0.3, -0.25) is 10.1 Å². The van der Waals surface area contributed by atoms with Crippen molar-refractivity contribution in [2.24, 2.45) is 0 Å². The smallest absolute Gasteiger partial charge is 0.275 e. The maximum absolute atomic E-state index is 12.9. The molecule has 4 rings (SSSR count). The van der Waals surface area contributed by atoms with Gasteiger partial charge in [-0.05, 0) is 17.2 Å². The SMILES string of the molecule is O=C1CN(S(=O)(=O)c2cc(-c3ccccc3)c(-c3ccccc3)s2)C(=O)N1. The van der Waals surface area contributed by atoms with Crippen LogP contribution in [0.25, 0.3) is 21.6 Å². The Hall–Kier alpha value is -2.97. The first kappa shape index (κ1) is 17.4. The summed E-state index contributed by atoms with van der Waals surface area (Å²) >= 11 is 1.08. The number of amides is 3. The summed E-state index contributed by atoms with van der Waals surface area (Å²) in [5, 5.41) is 2.00. The van der Waals surface area contributed by atoms with Crippen molar-refractivity contribution < 1.29 is 18.0 Å². The van der Waals surface area contributed by atoms with E-state index in [1.165, 1.54) is 0 Å². The second-order valence-corrected chi connectivity index (χ2v) is 9.05. The van der Waals surface area contributed by atoms with Crippen molar-refractivity contribution in [1.82, 2.24) is 9.62 Å². The number of nitrogens with one attached hydrogen (secondary N) is 1. The van der Waals surface area contributed by atoms with E-state index >= 15 is 0 Å². The zero-order valence-corrected chi connectivity index (χ0v) is 15.6. The Balaban J connectivity index is 1.87. The maximum Gasteiger partial charge on any atom is 0.338 e. The number of carbonyl (C=O) groups excluding carboxylic acids is 2. The molecule has 3 aromatic rings. The number of imide groups is 1. The summed E-state index contributed by atoms with van der Waals surface area (Å²) in [4.78, 5) is 24.1. The molecule has 136 valence electrons. The van der Waals surface area contributed by atoms with Crippen molar-refractivity contribution in [2.45, 2.75) is 4.21 Å². The largest absolute Gasteiger partial charge is 0.338 e. The Labute approximate surface area is 160 Å². The van der Waals surface area contributed by atoms with Gasteiger partial charge in [0.15, 0.2) is 0 Å². The third-order valence-corrected chi connectivity index (χ3v) is 7.50. The second-order valence-electron chi connectivity index (χ2n) is 5.91. The van der Waals surface area contributed by atoms with Crippen molar-refractivity contribution in [3.05, 3.63) is 66.7 Å². The van der Waals surface area contributed by atoms with Gasteiger partial charge in [-0.1, -0.05) is 60.7 Å². The Bertz CT molecular complexity index is 1070. The molecule has 1 fully saturated rings. The molecule has 1 N–H and O–H groups in total. The van der Waals surface area contributed by atoms with Gasteiger partial charge in [0, 0.05) is 10.4 Å². The molecule has 27 heavy (non-hydrogen) atoms. The molecule has 3 amide bonds. The summed E-state index contributed by atoms with van der Waals surface area (Å²) in [5.41, 5.74) is 2.51. The summed E-state index contributed by atoms with van der Waals surface area (Å²) in [6.45, 7) is -0.500. The number of thiophene rings is 1. The zero-order chi connectivity index (χ0) is 19.0. The monoisotopic (exact) mass is 398 g/mol. The molecule has 0 saturated carbocycles. The third-order valence-electron chi connectivity index (χ3n) is 4.13. The van der Waals surface area contributed by atoms with Crippen molar-refractivity contribution in [3.63, 3.8) is 0 Å². The predicted octanol–water partition coefficient (Wildman–Crippen LogP) is 3.32. The topological polar surface area (TPSA) is 83.6 Å². The molecule has 0 radical (unpaired) electrons. The first-order valence-electron chi connectivity index (χ1n) is 8.08. The van der Waals surface area contributed by atoms with E-state index < -0.39 is 28.5 Å². The molecule has 0 spiro atoms. The fourth-order valence-corrected chi connectivity index (χ4v) is 5.75. The number of sulfonamides is 1. The molecule has 6 nitrogen and oxygen atoms in total.